The number of nitrogens with zero attached hydrogens (tertiary/aromatic N) is 1. The van der Waals surface area contributed by atoms with E-state index >= 15 is 0 Å². The van der Waals surface area contributed by atoms with Crippen LogP contribution in [0.5, 0.6) is 0 Å². The van der Waals surface area contributed by atoms with E-state index in [9.17, 15) is 4.39 Å². The number of hydrogen-bond donors (Lipinski definition) is 2. The molecular formula is C10H9FN2O. The van der Waals surface area contributed by atoms with E-state index in [1.54, 1.807) is 12.1 Å². The summed E-state index contributed by atoms with van der Waals surface area (Å²) in [4.78, 5) is 0. The summed E-state index contributed by atoms with van der Waals surface area (Å²) in [6, 6.07) is 5.85. The lowest BCUT2D eigenvalue weighted by atomic mass is 10.1. The lowest BCUT2D eigenvalue weighted by Crippen LogP contribution is -2.12. The molecule has 14 heavy (non-hydrogen) atoms. The Hall–Kier alpha value is -1.86. The third kappa shape index (κ3) is 2.09. The number of nitriles is 1. The maximum Gasteiger partial charge on any atom is 0.141 e. The van der Waals surface area contributed by atoms with Crippen LogP contribution in [0, 0.1) is 17.1 Å². The second-order valence-corrected chi connectivity index (χ2v) is 2.62. The van der Waals surface area contributed by atoms with Crippen molar-refractivity contribution >= 4 is 5.70 Å². The largest absolute Gasteiger partial charge is 0.377 e. The van der Waals surface area contributed by atoms with Gasteiger partial charge in [-0.05, 0) is 12.1 Å². The molecule has 0 atom stereocenters. The zero-order chi connectivity index (χ0) is 10.6. The monoisotopic (exact) mass is 192 g/mol. The molecule has 2 N–H and O–H groups in total. The zero-order valence-corrected chi connectivity index (χ0v) is 7.42. The van der Waals surface area contributed by atoms with Crippen molar-refractivity contribution < 1.29 is 9.50 Å². The summed E-state index contributed by atoms with van der Waals surface area (Å²) in [5.74, 6) is -0.592. The molecule has 0 saturated heterocycles. The average molecular weight is 192 g/mol. The molecule has 3 nitrogen and oxygen atoms in total. The van der Waals surface area contributed by atoms with Gasteiger partial charge in [0.2, 0.25) is 0 Å². The Kier molecular flexibility index (Phi) is 3.21. The minimum absolute atomic E-state index is 0.00875. The molecular weight excluding hydrogens is 183 g/mol. The second kappa shape index (κ2) is 4.40. The van der Waals surface area contributed by atoms with Crippen LogP contribution in [0.2, 0.25) is 0 Å². The van der Waals surface area contributed by atoms with Crippen molar-refractivity contribution in [2.75, 3.05) is 6.73 Å². The van der Waals surface area contributed by atoms with Gasteiger partial charge in [0.05, 0.1) is 5.56 Å². The lowest BCUT2D eigenvalue weighted by molar-refractivity contribution is 0.283. The highest BCUT2D eigenvalue weighted by molar-refractivity contribution is 5.62. The van der Waals surface area contributed by atoms with Crippen molar-refractivity contribution in [3.05, 3.63) is 41.7 Å². The van der Waals surface area contributed by atoms with E-state index in [4.69, 9.17) is 10.4 Å². The lowest BCUT2D eigenvalue weighted by Gasteiger charge is -2.06. The average Bonchev–Trinajstić information content (AvgIpc) is 2.18. The first-order chi connectivity index (χ1) is 6.69. The molecule has 0 unspecified atom stereocenters. The molecule has 1 rings (SSSR count). The van der Waals surface area contributed by atoms with Gasteiger partial charge in [0.25, 0.3) is 0 Å². The Morgan fingerprint density at radius 2 is 2.36 bits per heavy atom. The molecule has 1 aromatic rings. The van der Waals surface area contributed by atoms with Gasteiger partial charge in [0.15, 0.2) is 0 Å². The van der Waals surface area contributed by atoms with E-state index in [1.807, 2.05) is 0 Å². The fourth-order valence-electron chi connectivity index (χ4n) is 0.991. The van der Waals surface area contributed by atoms with Crippen LogP contribution in [0.4, 0.5) is 4.39 Å². The van der Waals surface area contributed by atoms with Crippen LogP contribution in [0.3, 0.4) is 0 Å². The fraction of sp³-hybridized carbons (Fsp3) is 0.100. The maximum atomic E-state index is 13.1. The van der Waals surface area contributed by atoms with Crippen molar-refractivity contribution in [2.24, 2.45) is 0 Å². The van der Waals surface area contributed by atoms with Gasteiger partial charge in [-0.25, -0.2) is 4.39 Å². The molecule has 0 heterocycles. The van der Waals surface area contributed by atoms with E-state index in [1.165, 1.54) is 12.1 Å². The molecule has 0 radical (unpaired) electrons. The topological polar surface area (TPSA) is 56.0 Å². The van der Waals surface area contributed by atoms with Crippen molar-refractivity contribution in [3.63, 3.8) is 0 Å². The maximum absolute atomic E-state index is 13.1. The predicted molar refractivity (Wildman–Crippen MR) is 50.4 cm³/mol. The number of benzene rings is 1. The molecule has 4 heteroatoms. The number of rotatable bonds is 3. The first-order valence-corrected chi connectivity index (χ1v) is 3.92. The fourth-order valence-corrected chi connectivity index (χ4v) is 0.991. The second-order valence-electron chi connectivity index (χ2n) is 2.62. The van der Waals surface area contributed by atoms with Gasteiger partial charge in [-0.15, -0.1) is 0 Å². The van der Waals surface area contributed by atoms with E-state index in [0.717, 1.165) is 0 Å². The first kappa shape index (κ1) is 10.2. The summed E-state index contributed by atoms with van der Waals surface area (Å²) in [5.41, 5.74) is 0.914. The molecule has 0 fully saturated rings. The molecule has 72 valence electrons. The molecule has 0 bridgehead atoms. The zero-order valence-electron chi connectivity index (χ0n) is 7.42. The smallest absolute Gasteiger partial charge is 0.141 e. The molecule has 0 amide bonds. The van der Waals surface area contributed by atoms with Crippen LogP contribution in [0.1, 0.15) is 11.1 Å². The molecule has 0 aliphatic heterocycles. The summed E-state index contributed by atoms with van der Waals surface area (Å²) in [6.45, 7) is 3.33. The number of halogens is 1. The van der Waals surface area contributed by atoms with Gasteiger partial charge < -0.3 is 10.4 Å². The Morgan fingerprint density at radius 1 is 1.64 bits per heavy atom. The Bertz CT molecular complexity index is 396. The van der Waals surface area contributed by atoms with Gasteiger partial charge in [0.1, 0.15) is 18.6 Å². The molecule has 0 saturated carbocycles. The summed E-state index contributed by atoms with van der Waals surface area (Å²) in [5, 5.41) is 19.6. The van der Waals surface area contributed by atoms with Gasteiger partial charge in [0, 0.05) is 11.3 Å². The Balaban J connectivity index is 2.98. The Labute approximate surface area is 81.1 Å². The van der Waals surface area contributed by atoms with Crippen LogP contribution < -0.4 is 5.32 Å². The summed E-state index contributed by atoms with van der Waals surface area (Å²) < 4.78 is 13.1. The normalized spacial score (nSPS) is 9.21. The molecule has 0 aliphatic rings. The number of nitrogens with one attached hydrogen (secondary N) is 1. The number of aliphatic hydroxyl groups is 1. The quantitative estimate of drug-likeness (QED) is 0.707. The van der Waals surface area contributed by atoms with Crippen molar-refractivity contribution in [2.45, 2.75) is 0 Å². The summed E-state index contributed by atoms with van der Waals surface area (Å²) in [6.07, 6.45) is 0. The van der Waals surface area contributed by atoms with Crippen LogP contribution in [-0.2, 0) is 0 Å². The highest BCUT2D eigenvalue weighted by atomic mass is 19.1. The van der Waals surface area contributed by atoms with Crippen molar-refractivity contribution in [1.82, 2.24) is 5.32 Å². The molecule has 0 aliphatic carbocycles. The van der Waals surface area contributed by atoms with E-state index in [0.29, 0.717) is 11.3 Å². The highest BCUT2D eigenvalue weighted by Crippen LogP contribution is 2.14. The standard InChI is InChI=1S/C10H9FN2O/c1-7(13-6-14)8-2-3-9(5-12)10(11)4-8/h2-4,13-14H,1,6H2. The third-order valence-corrected chi connectivity index (χ3v) is 1.73. The predicted octanol–water partition coefficient (Wildman–Crippen LogP) is 1.21. The van der Waals surface area contributed by atoms with Gasteiger partial charge >= 0.3 is 0 Å². The minimum Gasteiger partial charge on any atom is -0.377 e. The minimum atomic E-state index is -0.592. The molecule has 1 aromatic carbocycles. The SMILES string of the molecule is C=C(NCO)c1ccc(C#N)c(F)c1. The third-order valence-electron chi connectivity index (χ3n) is 1.73. The van der Waals surface area contributed by atoms with Gasteiger partial charge in [-0.1, -0.05) is 12.6 Å². The first-order valence-electron chi connectivity index (χ1n) is 3.92. The molecule has 0 aromatic heterocycles. The highest BCUT2D eigenvalue weighted by Gasteiger charge is 2.04. The Morgan fingerprint density at radius 3 is 2.86 bits per heavy atom. The van der Waals surface area contributed by atoms with Crippen LogP contribution >= 0.6 is 0 Å². The summed E-state index contributed by atoms with van der Waals surface area (Å²) in [7, 11) is 0. The van der Waals surface area contributed by atoms with Gasteiger partial charge in [-0.2, -0.15) is 5.26 Å². The van der Waals surface area contributed by atoms with E-state index < -0.39 is 5.82 Å². The molecule has 0 spiro atoms. The van der Waals surface area contributed by atoms with Crippen LogP contribution in [-0.4, -0.2) is 11.8 Å². The van der Waals surface area contributed by atoms with Crippen LogP contribution in [0.25, 0.3) is 5.70 Å². The van der Waals surface area contributed by atoms with Gasteiger partial charge in [-0.3, -0.25) is 0 Å². The van der Waals surface area contributed by atoms with E-state index in [-0.39, 0.29) is 12.3 Å². The summed E-state index contributed by atoms with van der Waals surface area (Å²) >= 11 is 0. The number of hydrogen-bond acceptors (Lipinski definition) is 3. The van der Waals surface area contributed by atoms with Crippen molar-refractivity contribution in [3.8, 4) is 6.07 Å². The van der Waals surface area contributed by atoms with Crippen LogP contribution in [0.15, 0.2) is 24.8 Å². The van der Waals surface area contributed by atoms with E-state index in [2.05, 4.69) is 11.9 Å². The number of aliphatic hydroxyl groups excluding tert-OH is 1. The van der Waals surface area contributed by atoms with Crippen molar-refractivity contribution in [1.29, 1.82) is 5.26 Å².